The van der Waals surface area contributed by atoms with Crippen LogP contribution < -0.4 is 10.2 Å². The van der Waals surface area contributed by atoms with E-state index in [1.54, 1.807) is 10.8 Å². The molecule has 0 radical (unpaired) electrons. The molecule has 3 heterocycles. The van der Waals surface area contributed by atoms with Crippen molar-refractivity contribution in [3.8, 4) is 6.07 Å². The number of amides is 1. The minimum atomic E-state index is -1.25. The van der Waals surface area contributed by atoms with E-state index in [1.807, 2.05) is 12.1 Å². The molecule has 2 aromatic heterocycles. The molecule has 1 aliphatic carbocycles. The molecule has 1 amide bonds. The van der Waals surface area contributed by atoms with E-state index in [4.69, 9.17) is 14.5 Å². The Morgan fingerprint density at radius 3 is 2.40 bits per heavy atom. The second-order valence-electron chi connectivity index (χ2n) is 15.0. The molecule has 2 aliphatic rings. The molecule has 1 saturated heterocycles. The van der Waals surface area contributed by atoms with Crippen molar-refractivity contribution in [1.29, 1.82) is 5.26 Å². The summed E-state index contributed by atoms with van der Waals surface area (Å²) >= 11 is 0. The van der Waals surface area contributed by atoms with Crippen molar-refractivity contribution in [3.63, 3.8) is 0 Å². The Kier molecular flexibility index (Phi) is 9.08. The third kappa shape index (κ3) is 8.30. The van der Waals surface area contributed by atoms with E-state index < -0.39 is 14.0 Å². The van der Waals surface area contributed by atoms with E-state index in [1.165, 1.54) is 0 Å². The van der Waals surface area contributed by atoms with E-state index in [2.05, 4.69) is 88.5 Å². The summed E-state index contributed by atoms with van der Waals surface area (Å²) in [6, 6.07) is 6.97. The van der Waals surface area contributed by atoms with Crippen LogP contribution in [0.15, 0.2) is 24.4 Å². The van der Waals surface area contributed by atoms with Gasteiger partial charge in [0.2, 0.25) is 5.82 Å². The lowest BCUT2D eigenvalue weighted by Crippen LogP contribution is -2.57. The fourth-order valence-electron chi connectivity index (χ4n) is 5.68. The zero-order valence-electron chi connectivity index (χ0n) is 26.9. The van der Waals surface area contributed by atoms with Crippen LogP contribution >= 0.6 is 0 Å². The summed E-state index contributed by atoms with van der Waals surface area (Å²) < 4.78 is 13.8. The maximum atomic E-state index is 13.6. The number of nitrogens with zero attached hydrogens (tertiary/aromatic N) is 5. The molecule has 0 bridgehead atoms. The highest BCUT2D eigenvalue weighted by Gasteiger charge is 2.39. The van der Waals surface area contributed by atoms with Crippen LogP contribution in [-0.4, -0.2) is 59.4 Å². The molecule has 1 aliphatic heterocycles. The van der Waals surface area contributed by atoms with Gasteiger partial charge in [-0.2, -0.15) is 5.26 Å². The van der Waals surface area contributed by atoms with Gasteiger partial charge in [0.15, 0.2) is 5.69 Å². The predicted octanol–water partition coefficient (Wildman–Crippen LogP) is 6.70. The summed E-state index contributed by atoms with van der Waals surface area (Å²) in [7, 11) is -1.25. The molecule has 0 atom stereocenters. The lowest BCUT2D eigenvalue weighted by Gasteiger charge is -2.47. The fraction of sp³-hybridized carbons (Fsp3) is 0.625. The average molecular weight is 593 g/mol. The lowest BCUT2D eigenvalue weighted by atomic mass is 9.77. The van der Waals surface area contributed by atoms with Crippen LogP contribution in [0.5, 0.6) is 0 Å². The molecular weight excluding hydrogens is 544 g/mol. The first-order chi connectivity index (χ1) is 19.5. The maximum Gasteiger partial charge on any atom is 0.291 e. The van der Waals surface area contributed by atoms with E-state index in [0.717, 1.165) is 42.4 Å². The van der Waals surface area contributed by atoms with Crippen LogP contribution in [0.2, 0.25) is 25.7 Å². The van der Waals surface area contributed by atoms with Crippen molar-refractivity contribution in [2.75, 3.05) is 29.9 Å². The normalized spacial score (nSPS) is 19.6. The Bertz CT molecular complexity index is 1360. The molecule has 10 heteroatoms. The van der Waals surface area contributed by atoms with Gasteiger partial charge in [-0.05, 0) is 76.1 Å². The highest BCUT2D eigenvalue weighted by Crippen LogP contribution is 2.40. The molecule has 0 unspecified atom stereocenters. The first-order valence-electron chi connectivity index (χ1n) is 15.0. The fourth-order valence-corrected chi connectivity index (χ4v) is 6.44. The van der Waals surface area contributed by atoms with Gasteiger partial charge in [0.05, 0.1) is 22.6 Å². The summed E-state index contributed by atoms with van der Waals surface area (Å²) in [5.41, 5.74) is 2.31. The summed E-state index contributed by atoms with van der Waals surface area (Å²) in [4.78, 5) is 25.4. The van der Waals surface area contributed by atoms with Crippen molar-refractivity contribution >= 4 is 31.1 Å². The molecular formula is C32H48N6O3Si. The van der Waals surface area contributed by atoms with Crippen molar-refractivity contribution in [1.82, 2.24) is 14.5 Å². The number of hydrogen-bond acceptors (Lipinski definition) is 7. The van der Waals surface area contributed by atoms with Gasteiger partial charge in [-0.15, -0.1) is 0 Å². The van der Waals surface area contributed by atoms with E-state index in [0.29, 0.717) is 25.4 Å². The van der Waals surface area contributed by atoms with Gasteiger partial charge in [0.1, 0.15) is 18.6 Å². The van der Waals surface area contributed by atoms with Crippen LogP contribution in [0.3, 0.4) is 0 Å². The quantitative estimate of drug-likeness (QED) is 0.255. The molecule has 1 N–H and O–H groups in total. The van der Waals surface area contributed by atoms with Crippen molar-refractivity contribution < 1.29 is 14.3 Å². The number of nitriles is 1. The zero-order valence-corrected chi connectivity index (χ0v) is 27.9. The second kappa shape index (κ2) is 11.9. The molecule has 0 spiro atoms. The number of ether oxygens (including phenoxy) is 2. The van der Waals surface area contributed by atoms with Gasteiger partial charge >= 0.3 is 0 Å². The number of aromatic nitrogens is 3. The predicted molar refractivity (Wildman–Crippen MR) is 170 cm³/mol. The number of rotatable bonds is 9. The Balaban J connectivity index is 1.63. The number of morpholine rings is 1. The van der Waals surface area contributed by atoms with Crippen LogP contribution in [0.1, 0.15) is 82.8 Å². The van der Waals surface area contributed by atoms with E-state index >= 15 is 0 Å². The van der Waals surface area contributed by atoms with Crippen LogP contribution in [-0.2, 0) is 16.2 Å². The van der Waals surface area contributed by atoms with Gasteiger partial charge in [0.25, 0.3) is 5.91 Å². The van der Waals surface area contributed by atoms with Crippen molar-refractivity contribution in [2.24, 2.45) is 5.41 Å². The van der Waals surface area contributed by atoms with Crippen LogP contribution in [0, 0.1) is 16.7 Å². The Morgan fingerprint density at radius 1 is 1.12 bits per heavy atom. The second-order valence-corrected chi connectivity index (χ2v) is 20.6. The molecule has 0 saturated carbocycles. The number of pyridine rings is 1. The number of hydrogen-bond donors (Lipinski definition) is 1. The smallest absolute Gasteiger partial charge is 0.291 e. The number of carbonyl (C=O) groups is 1. The molecule has 9 nitrogen and oxygen atoms in total. The monoisotopic (exact) mass is 592 g/mol. The number of carbonyl (C=O) groups excluding carboxylic acids is 1. The number of allylic oxidation sites excluding steroid dienone is 2. The molecule has 0 aromatic carbocycles. The van der Waals surface area contributed by atoms with Gasteiger partial charge in [0, 0.05) is 34.0 Å². The standard InChI is InChI=1S/C32H48N6O3Si/c1-30(2)14-12-23(13-15-30)27-25(10-11-26(36-27)38-20-31(3,4)41-32(5,6)21-38)35-29(39)28-34-24(18-33)19-37(28)22-40-16-17-42(7,8)9/h10-12,19H,13-17,20-22H2,1-9H3,(H,35,39). The van der Waals surface area contributed by atoms with Crippen LogP contribution in [0.4, 0.5) is 11.5 Å². The molecule has 228 valence electrons. The van der Waals surface area contributed by atoms with Crippen LogP contribution in [0.25, 0.3) is 5.57 Å². The van der Waals surface area contributed by atoms with Gasteiger partial charge in [-0.3, -0.25) is 4.79 Å². The summed E-state index contributed by atoms with van der Waals surface area (Å²) in [5, 5.41) is 12.6. The van der Waals surface area contributed by atoms with Crippen molar-refractivity contribution in [2.45, 2.75) is 104 Å². The summed E-state index contributed by atoms with van der Waals surface area (Å²) in [6.45, 7) is 22.1. The number of anilines is 2. The Hall–Kier alpha value is -3.00. The van der Waals surface area contributed by atoms with Gasteiger partial charge < -0.3 is 24.3 Å². The number of imidazole rings is 1. The topological polar surface area (TPSA) is 105 Å². The zero-order chi connectivity index (χ0) is 30.9. The highest BCUT2D eigenvalue weighted by atomic mass is 28.3. The average Bonchev–Trinajstić information content (AvgIpc) is 3.28. The van der Waals surface area contributed by atoms with E-state index in [9.17, 15) is 10.1 Å². The van der Waals surface area contributed by atoms with E-state index in [-0.39, 0.29) is 34.9 Å². The molecule has 2 aromatic rings. The lowest BCUT2D eigenvalue weighted by molar-refractivity contribution is -0.133. The SMILES string of the molecule is CC1(C)CC=C(c2nc(N3CC(C)(C)OC(C)(C)C3)ccc2NC(=O)c2nc(C#N)cn2COCC[Si](C)(C)C)CC1. The Labute approximate surface area is 252 Å². The Morgan fingerprint density at radius 2 is 1.81 bits per heavy atom. The van der Waals surface area contributed by atoms with Gasteiger partial charge in [-0.1, -0.05) is 39.6 Å². The van der Waals surface area contributed by atoms with Crippen molar-refractivity contribution in [3.05, 3.63) is 41.6 Å². The van der Waals surface area contributed by atoms with Gasteiger partial charge in [-0.25, -0.2) is 9.97 Å². The largest absolute Gasteiger partial charge is 0.366 e. The first kappa shape index (κ1) is 31.9. The number of nitrogens with one attached hydrogen (secondary N) is 1. The first-order valence-corrected chi connectivity index (χ1v) is 18.7. The minimum Gasteiger partial charge on any atom is -0.366 e. The molecule has 1 fully saturated rings. The highest BCUT2D eigenvalue weighted by molar-refractivity contribution is 6.76. The third-order valence-electron chi connectivity index (χ3n) is 7.75. The third-order valence-corrected chi connectivity index (χ3v) is 9.45. The molecule has 4 rings (SSSR count). The molecule has 42 heavy (non-hydrogen) atoms. The maximum absolute atomic E-state index is 13.6. The summed E-state index contributed by atoms with van der Waals surface area (Å²) in [6.07, 6.45) is 6.70. The minimum absolute atomic E-state index is 0.144. The summed E-state index contributed by atoms with van der Waals surface area (Å²) in [5.74, 6) is 0.610.